The summed E-state index contributed by atoms with van der Waals surface area (Å²) in [5.74, 6) is 0.818. The summed E-state index contributed by atoms with van der Waals surface area (Å²) in [4.78, 5) is 21.2. The minimum atomic E-state index is -1.04. The van der Waals surface area contributed by atoms with Crippen molar-refractivity contribution in [3.05, 3.63) is 29.7 Å². The molecule has 0 aliphatic carbocycles. The molecule has 0 spiro atoms. The zero-order chi connectivity index (χ0) is 16.4. The molecular weight excluding hydrogens is 300 g/mol. The van der Waals surface area contributed by atoms with Crippen LogP contribution >= 0.6 is 0 Å². The first-order valence-electron chi connectivity index (χ1n) is 7.39. The van der Waals surface area contributed by atoms with E-state index in [0.29, 0.717) is 18.2 Å². The van der Waals surface area contributed by atoms with Crippen molar-refractivity contribution in [2.75, 3.05) is 18.0 Å². The number of hydrogen-bond donors (Lipinski definition) is 2. The van der Waals surface area contributed by atoms with Crippen LogP contribution in [0.15, 0.2) is 12.5 Å². The van der Waals surface area contributed by atoms with Gasteiger partial charge >= 0.3 is 5.97 Å². The fraction of sp³-hybridized carbons (Fsp3) is 0.500. The van der Waals surface area contributed by atoms with Gasteiger partial charge in [0.25, 0.3) is 0 Å². The van der Waals surface area contributed by atoms with Crippen molar-refractivity contribution in [3.63, 3.8) is 0 Å². The van der Waals surface area contributed by atoms with Gasteiger partial charge in [-0.2, -0.15) is 0 Å². The second-order valence-corrected chi connectivity index (χ2v) is 5.54. The Morgan fingerprint density at radius 2 is 2.26 bits per heavy atom. The number of carbonyl (C=O) groups is 1. The van der Waals surface area contributed by atoms with Crippen molar-refractivity contribution in [1.82, 2.24) is 24.7 Å². The highest BCUT2D eigenvalue weighted by Crippen LogP contribution is 2.29. The molecule has 0 aromatic carbocycles. The Morgan fingerprint density at radius 3 is 2.96 bits per heavy atom. The number of hydrogen-bond acceptors (Lipinski definition) is 7. The zero-order valence-electron chi connectivity index (χ0n) is 12.8. The lowest BCUT2D eigenvalue weighted by molar-refractivity contribution is 0.0696. The van der Waals surface area contributed by atoms with E-state index >= 15 is 0 Å². The lowest BCUT2D eigenvalue weighted by Crippen LogP contribution is -2.37. The summed E-state index contributed by atoms with van der Waals surface area (Å²) in [6.07, 6.45) is 4.51. The van der Waals surface area contributed by atoms with E-state index in [1.54, 1.807) is 4.57 Å². The molecule has 122 valence electrons. The van der Waals surface area contributed by atoms with Crippen molar-refractivity contribution < 1.29 is 15.0 Å². The molecule has 9 nitrogen and oxygen atoms in total. The molecule has 9 heteroatoms. The van der Waals surface area contributed by atoms with E-state index < -0.39 is 5.97 Å². The van der Waals surface area contributed by atoms with Crippen LogP contribution in [0.2, 0.25) is 0 Å². The van der Waals surface area contributed by atoms with Gasteiger partial charge in [0.15, 0.2) is 5.82 Å². The summed E-state index contributed by atoms with van der Waals surface area (Å²) >= 11 is 0. The highest BCUT2D eigenvalue weighted by Gasteiger charge is 2.28. The third kappa shape index (κ3) is 2.87. The average molecular weight is 318 g/mol. The van der Waals surface area contributed by atoms with Gasteiger partial charge in [-0.15, -0.1) is 10.2 Å². The van der Waals surface area contributed by atoms with Gasteiger partial charge in [-0.25, -0.2) is 14.8 Å². The Labute approximate surface area is 132 Å². The summed E-state index contributed by atoms with van der Waals surface area (Å²) in [5.41, 5.74) is 0.0992. The van der Waals surface area contributed by atoms with Crippen LogP contribution < -0.4 is 4.90 Å². The van der Waals surface area contributed by atoms with Gasteiger partial charge in [-0.3, -0.25) is 0 Å². The number of aliphatic hydroxyl groups excluding tert-OH is 1. The molecule has 2 aromatic heterocycles. The molecule has 0 bridgehead atoms. The first-order chi connectivity index (χ1) is 11.1. The molecular formula is C14H18N6O3. The molecule has 1 fully saturated rings. The van der Waals surface area contributed by atoms with Crippen molar-refractivity contribution in [1.29, 1.82) is 0 Å². The lowest BCUT2D eigenvalue weighted by Gasteiger charge is -2.33. The Morgan fingerprint density at radius 1 is 1.43 bits per heavy atom. The Kier molecular flexibility index (Phi) is 4.20. The maximum atomic E-state index is 11.4. The predicted octanol–water partition coefficient (Wildman–Crippen LogP) is 0.180. The van der Waals surface area contributed by atoms with Gasteiger partial charge in [0.2, 0.25) is 0 Å². The van der Waals surface area contributed by atoms with Crippen molar-refractivity contribution >= 4 is 11.8 Å². The van der Waals surface area contributed by atoms with Crippen molar-refractivity contribution in [2.24, 2.45) is 7.05 Å². The molecule has 1 aliphatic heterocycles. The molecule has 0 amide bonds. The highest BCUT2D eigenvalue weighted by molar-refractivity contribution is 5.92. The Hall–Kier alpha value is -2.55. The first-order valence-corrected chi connectivity index (χ1v) is 7.39. The van der Waals surface area contributed by atoms with Crippen LogP contribution in [-0.2, 0) is 13.7 Å². The second-order valence-electron chi connectivity index (χ2n) is 5.54. The molecule has 0 saturated carbocycles. The van der Waals surface area contributed by atoms with E-state index in [-0.39, 0.29) is 18.1 Å². The summed E-state index contributed by atoms with van der Waals surface area (Å²) in [5, 5.41) is 26.7. The van der Waals surface area contributed by atoms with E-state index in [9.17, 15) is 15.0 Å². The maximum absolute atomic E-state index is 11.4. The van der Waals surface area contributed by atoms with Gasteiger partial charge in [-0.05, 0) is 12.8 Å². The maximum Gasteiger partial charge on any atom is 0.341 e. The standard InChI is InChI=1S/C14H18N6O3/c1-19-11(7-21)17-18-12(19)9-3-2-4-20(6-9)13-10(14(22)23)5-15-8-16-13/h5,8-9,21H,2-4,6-7H2,1H3,(H,22,23). The molecule has 3 heterocycles. The van der Waals surface area contributed by atoms with Gasteiger partial charge in [0.1, 0.15) is 30.1 Å². The molecule has 1 unspecified atom stereocenters. The van der Waals surface area contributed by atoms with Gasteiger partial charge < -0.3 is 19.7 Å². The number of carboxylic acids is 1. The summed E-state index contributed by atoms with van der Waals surface area (Å²) in [6, 6.07) is 0. The van der Waals surface area contributed by atoms with Crippen LogP contribution in [-0.4, -0.2) is 54.0 Å². The van der Waals surface area contributed by atoms with Crippen LogP contribution in [0.5, 0.6) is 0 Å². The number of rotatable bonds is 4. The number of carboxylic acid groups (broad SMARTS) is 1. The largest absolute Gasteiger partial charge is 0.477 e. The van der Waals surface area contributed by atoms with E-state index in [1.807, 2.05) is 11.9 Å². The quantitative estimate of drug-likeness (QED) is 0.820. The molecule has 1 aliphatic rings. The minimum Gasteiger partial charge on any atom is -0.477 e. The number of piperidine rings is 1. The molecule has 1 saturated heterocycles. The fourth-order valence-corrected chi connectivity index (χ4v) is 2.97. The molecule has 2 aromatic rings. The van der Waals surface area contributed by atoms with Crippen molar-refractivity contribution in [2.45, 2.75) is 25.4 Å². The molecule has 1 atom stereocenters. The third-order valence-electron chi connectivity index (χ3n) is 4.15. The van der Waals surface area contributed by atoms with E-state index in [4.69, 9.17) is 0 Å². The minimum absolute atomic E-state index is 0.0992. The van der Waals surface area contributed by atoms with E-state index in [2.05, 4.69) is 20.2 Å². The summed E-state index contributed by atoms with van der Waals surface area (Å²) < 4.78 is 1.80. The van der Waals surface area contributed by atoms with Gasteiger partial charge in [0, 0.05) is 32.3 Å². The Bertz CT molecular complexity index is 716. The number of aromatic nitrogens is 5. The van der Waals surface area contributed by atoms with Crippen molar-refractivity contribution in [3.8, 4) is 0 Å². The van der Waals surface area contributed by atoms with E-state index in [1.165, 1.54) is 12.5 Å². The monoisotopic (exact) mass is 318 g/mol. The number of anilines is 1. The smallest absolute Gasteiger partial charge is 0.341 e. The van der Waals surface area contributed by atoms with Crippen LogP contribution in [0.25, 0.3) is 0 Å². The van der Waals surface area contributed by atoms with Gasteiger partial charge in [0.05, 0.1) is 0 Å². The van der Waals surface area contributed by atoms with Gasteiger partial charge in [-0.1, -0.05) is 0 Å². The number of aliphatic hydroxyl groups is 1. The Balaban J connectivity index is 1.87. The molecule has 3 rings (SSSR count). The van der Waals surface area contributed by atoms with Crippen LogP contribution in [0.4, 0.5) is 5.82 Å². The normalized spacial score (nSPS) is 18.2. The number of aromatic carboxylic acids is 1. The zero-order valence-corrected chi connectivity index (χ0v) is 12.8. The third-order valence-corrected chi connectivity index (χ3v) is 4.15. The van der Waals surface area contributed by atoms with Crippen LogP contribution in [0.1, 0.15) is 40.8 Å². The molecule has 23 heavy (non-hydrogen) atoms. The van der Waals surface area contributed by atoms with Crippen LogP contribution in [0.3, 0.4) is 0 Å². The predicted molar refractivity (Wildman–Crippen MR) is 80.1 cm³/mol. The van der Waals surface area contributed by atoms with Crippen LogP contribution in [0, 0.1) is 0 Å². The first kappa shape index (κ1) is 15.3. The molecule has 2 N–H and O–H groups in total. The summed E-state index contributed by atoms with van der Waals surface area (Å²) in [7, 11) is 1.83. The highest BCUT2D eigenvalue weighted by atomic mass is 16.4. The molecule has 0 radical (unpaired) electrons. The summed E-state index contributed by atoms with van der Waals surface area (Å²) in [6.45, 7) is 1.18. The fourth-order valence-electron chi connectivity index (χ4n) is 2.97. The van der Waals surface area contributed by atoms with E-state index in [0.717, 1.165) is 25.2 Å². The average Bonchev–Trinajstić information content (AvgIpc) is 2.95. The topological polar surface area (TPSA) is 117 Å². The number of nitrogens with zero attached hydrogens (tertiary/aromatic N) is 6. The lowest BCUT2D eigenvalue weighted by atomic mass is 9.97. The SMILES string of the molecule is Cn1c(CO)nnc1C1CCCN(c2ncncc2C(=O)O)C1. The second kappa shape index (κ2) is 6.29.